The zero-order valence-electron chi connectivity index (χ0n) is 12.8. The van der Waals surface area contributed by atoms with Crippen LogP contribution >= 0.6 is 0 Å². The predicted octanol–water partition coefficient (Wildman–Crippen LogP) is 0.162. The van der Waals surface area contributed by atoms with Gasteiger partial charge in [-0.15, -0.1) is 0 Å². The Bertz CT molecular complexity index is 329. The zero-order chi connectivity index (χ0) is 15.9. The maximum Gasteiger partial charge on any atom is 0.251 e. The van der Waals surface area contributed by atoms with E-state index in [-0.39, 0.29) is 18.3 Å². The van der Waals surface area contributed by atoms with E-state index in [1.165, 1.54) is 0 Å². The van der Waals surface area contributed by atoms with Gasteiger partial charge in [0, 0.05) is 13.0 Å². The van der Waals surface area contributed by atoms with Crippen molar-refractivity contribution < 1.29 is 19.8 Å². The van der Waals surface area contributed by atoms with Crippen LogP contribution in [0.25, 0.3) is 0 Å². The van der Waals surface area contributed by atoms with E-state index in [4.69, 9.17) is 5.73 Å². The molecule has 6 nitrogen and oxygen atoms in total. The molecule has 5 N–H and O–H groups in total. The summed E-state index contributed by atoms with van der Waals surface area (Å²) in [6.45, 7) is 8.69. The standard InChI is InChI=1S/C14H28N2O4/c1-9(2)7-14(3,4)8-16-13(20)12(19)10(17)5-6-11(15)18/h9-10,12,17,19H,5-8H2,1-4H3,(H2,15,18)(H,16,20)/t10-,12+/m1/s1. The molecule has 6 heteroatoms. The van der Waals surface area contributed by atoms with Crippen molar-refractivity contribution in [2.45, 2.75) is 59.2 Å². The third-order valence-electron chi connectivity index (χ3n) is 3.02. The second-order valence-electron chi connectivity index (χ2n) is 6.50. The smallest absolute Gasteiger partial charge is 0.251 e. The topological polar surface area (TPSA) is 113 Å². The first-order valence-corrected chi connectivity index (χ1v) is 6.97. The molecule has 0 fully saturated rings. The van der Waals surface area contributed by atoms with Crippen molar-refractivity contribution in [3.8, 4) is 0 Å². The van der Waals surface area contributed by atoms with Crippen molar-refractivity contribution in [2.24, 2.45) is 17.1 Å². The van der Waals surface area contributed by atoms with Gasteiger partial charge in [-0.05, 0) is 24.2 Å². The average molecular weight is 288 g/mol. The second-order valence-corrected chi connectivity index (χ2v) is 6.50. The molecule has 2 atom stereocenters. The fourth-order valence-electron chi connectivity index (χ4n) is 2.23. The van der Waals surface area contributed by atoms with Crippen molar-refractivity contribution in [3.05, 3.63) is 0 Å². The minimum Gasteiger partial charge on any atom is -0.390 e. The van der Waals surface area contributed by atoms with E-state index < -0.39 is 24.0 Å². The fourth-order valence-corrected chi connectivity index (χ4v) is 2.23. The van der Waals surface area contributed by atoms with Gasteiger partial charge in [-0.2, -0.15) is 0 Å². The number of hydrogen-bond donors (Lipinski definition) is 4. The van der Waals surface area contributed by atoms with Crippen molar-refractivity contribution >= 4 is 11.8 Å². The maximum atomic E-state index is 11.7. The normalized spacial score (nSPS) is 14.9. The Morgan fingerprint density at radius 2 is 1.80 bits per heavy atom. The lowest BCUT2D eigenvalue weighted by molar-refractivity contribution is -0.136. The SMILES string of the molecule is CC(C)CC(C)(C)CNC(=O)[C@@H](O)[C@H](O)CCC(N)=O. The lowest BCUT2D eigenvalue weighted by Gasteiger charge is -2.28. The molecule has 2 amide bonds. The van der Waals surface area contributed by atoms with Crippen molar-refractivity contribution in [1.82, 2.24) is 5.32 Å². The Hall–Kier alpha value is -1.14. The largest absolute Gasteiger partial charge is 0.390 e. The molecule has 0 unspecified atom stereocenters. The van der Waals surface area contributed by atoms with E-state index in [0.29, 0.717) is 12.5 Å². The Morgan fingerprint density at radius 3 is 2.25 bits per heavy atom. The van der Waals surface area contributed by atoms with Crippen LogP contribution in [0.15, 0.2) is 0 Å². The highest BCUT2D eigenvalue weighted by atomic mass is 16.3. The van der Waals surface area contributed by atoms with Gasteiger partial charge < -0.3 is 21.3 Å². The van der Waals surface area contributed by atoms with E-state index >= 15 is 0 Å². The van der Waals surface area contributed by atoms with Crippen LogP contribution in [-0.4, -0.2) is 40.8 Å². The Labute approximate surface area is 120 Å². The molecule has 0 heterocycles. The first kappa shape index (κ1) is 18.9. The molecule has 0 bridgehead atoms. The van der Waals surface area contributed by atoms with Crippen molar-refractivity contribution in [2.75, 3.05) is 6.54 Å². The van der Waals surface area contributed by atoms with Crippen LogP contribution < -0.4 is 11.1 Å². The molecule has 0 aromatic heterocycles. The van der Waals surface area contributed by atoms with Crippen LogP contribution in [0.3, 0.4) is 0 Å². The first-order chi connectivity index (χ1) is 9.05. The molecule has 0 aliphatic carbocycles. The number of primary amides is 1. The number of amides is 2. The number of aliphatic hydroxyl groups excluding tert-OH is 2. The van der Waals surface area contributed by atoms with Gasteiger partial charge in [0.15, 0.2) is 6.10 Å². The number of nitrogens with one attached hydrogen (secondary N) is 1. The van der Waals surface area contributed by atoms with Crippen LogP contribution in [0.5, 0.6) is 0 Å². The van der Waals surface area contributed by atoms with Gasteiger partial charge in [0.05, 0.1) is 6.10 Å². The minimum atomic E-state index is -1.54. The van der Waals surface area contributed by atoms with Crippen LogP contribution in [0.1, 0.15) is 47.0 Å². The molecule has 0 aliphatic heterocycles. The maximum absolute atomic E-state index is 11.7. The Kier molecular flexibility index (Phi) is 7.75. The Morgan fingerprint density at radius 1 is 1.25 bits per heavy atom. The van der Waals surface area contributed by atoms with Crippen LogP contribution in [0.4, 0.5) is 0 Å². The molecule has 118 valence electrons. The minimum absolute atomic E-state index is 0.0285. The predicted molar refractivity (Wildman–Crippen MR) is 76.7 cm³/mol. The number of rotatable bonds is 9. The third-order valence-corrected chi connectivity index (χ3v) is 3.02. The summed E-state index contributed by atoms with van der Waals surface area (Å²) in [5.74, 6) is -0.693. The summed E-state index contributed by atoms with van der Waals surface area (Å²) in [7, 11) is 0. The van der Waals surface area contributed by atoms with Crippen molar-refractivity contribution in [1.29, 1.82) is 0 Å². The lowest BCUT2D eigenvalue weighted by atomic mass is 9.84. The van der Waals surface area contributed by atoms with Crippen LogP contribution in [0, 0.1) is 11.3 Å². The van der Waals surface area contributed by atoms with E-state index in [1.54, 1.807) is 0 Å². The molecular weight excluding hydrogens is 260 g/mol. The molecular formula is C14H28N2O4. The number of carbonyl (C=O) groups excluding carboxylic acids is 2. The summed E-state index contributed by atoms with van der Waals surface area (Å²) in [5.41, 5.74) is 4.87. The summed E-state index contributed by atoms with van der Waals surface area (Å²) in [4.78, 5) is 22.3. The van der Waals surface area contributed by atoms with E-state index in [1.807, 2.05) is 13.8 Å². The molecule has 0 rings (SSSR count). The fraction of sp³-hybridized carbons (Fsp3) is 0.857. The van der Waals surface area contributed by atoms with Crippen molar-refractivity contribution in [3.63, 3.8) is 0 Å². The summed E-state index contributed by atoms with van der Waals surface area (Å²) in [5, 5.41) is 21.9. The van der Waals surface area contributed by atoms with Gasteiger partial charge in [0.2, 0.25) is 5.91 Å². The van der Waals surface area contributed by atoms with Gasteiger partial charge >= 0.3 is 0 Å². The third kappa shape index (κ3) is 8.12. The van der Waals surface area contributed by atoms with E-state index in [9.17, 15) is 19.8 Å². The summed E-state index contributed by atoms with van der Waals surface area (Å²) < 4.78 is 0. The second kappa shape index (κ2) is 8.21. The average Bonchev–Trinajstić information content (AvgIpc) is 2.30. The van der Waals surface area contributed by atoms with Gasteiger partial charge in [-0.1, -0.05) is 27.7 Å². The van der Waals surface area contributed by atoms with Gasteiger partial charge in [0.25, 0.3) is 5.91 Å². The number of nitrogens with two attached hydrogens (primary N) is 1. The van der Waals surface area contributed by atoms with Gasteiger partial charge in [-0.3, -0.25) is 9.59 Å². The first-order valence-electron chi connectivity index (χ1n) is 6.97. The van der Waals surface area contributed by atoms with Crippen LogP contribution in [-0.2, 0) is 9.59 Å². The highest BCUT2D eigenvalue weighted by Crippen LogP contribution is 2.24. The number of carbonyl (C=O) groups is 2. The monoisotopic (exact) mass is 288 g/mol. The lowest BCUT2D eigenvalue weighted by Crippen LogP contribution is -2.45. The number of aliphatic hydroxyl groups is 2. The molecule has 0 spiro atoms. The zero-order valence-corrected chi connectivity index (χ0v) is 12.8. The summed E-state index contributed by atoms with van der Waals surface area (Å²) in [6.07, 6.45) is -1.98. The van der Waals surface area contributed by atoms with E-state index in [2.05, 4.69) is 19.2 Å². The highest BCUT2D eigenvalue weighted by molar-refractivity contribution is 5.81. The summed E-state index contributed by atoms with van der Waals surface area (Å²) >= 11 is 0. The highest BCUT2D eigenvalue weighted by Gasteiger charge is 2.27. The molecule has 0 aromatic carbocycles. The molecule has 0 saturated heterocycles. The molecule has 0 aliphatic rings. The molecule has 0 radical (unpaired) electrons. The van der Waals surface area contributed by atoms with Gasteiger partial charge in [0.1, 0.15) is 0 Å². The van der Waals surface area contributed by atoms with Crippen LogP contribution in [0.2, 0.25) is 0 Å². The van der Waals surface area contributed by atoms with E-state index in [0.717, 1.165) is 6.42 Å². The quantitative estimate of drug-likeness (QED) is 0.484. The van der Waals surface area contributed by atoms with Gasteiger partial charge in [-0.25, -0.2) is 0 Å². The number of hydrogen-bond acceptors (Lipinski definition) is 4. The molecule has 20 heavy (non-hydrogen) atoms. The molecule has 0 aromatic rings. The Balaban J connectivity index is 4.22. The summed E-state index contributed by atoms with van der Waals surface area (Å²) in [6, 6.07) is 0. The molecule has 0 saturated carbocycles.